The van der Waals surface area contributed by atoms with E-state index in [-0.39, 0.29) is 42.5 Å². The number of piperidine rings is 1. The number of nitrogens with one attached hydrogen (secondary N) is 3. The highest BCUT2D eigenvalue weighted by molar-refractivity contribution is 6.03. The van der Waals surface area contributed by atoms with E-state index in [1.165, 1.54) is 12.8 Å². The smallest absolute Gasteiger partial charge is 0.230 e. The van der Waals surface area contributed by atoms with Gasteiger partial charge in [0.25, 0.3) is 0 Å². The first-order chi connectivity index (χ1) is 12.5. The standard InChI is InChI=1S/C20H25N3O3.ClH/c24-18(10-13-8-16-5-6-17(9-13)21-16)22-15-3-1-12(2-4-15)7-14-11-19(25)23-20(14)26;/h1-4,13-14,16-17,21H,5-11H2,(H,22,24)(H,23,25,26);1H. The lowest BCUT2D eigenvalue weighted by molar-refractivity contribution is -0.125. The maximum absolute atomic E-state index is 12.3. The van der Waals surface area contributed by atoms with E-state index in [9.17, 15) is 14.4 Å². The lowest BCUT2D eigenvalue weighted by Gasteiger charge is -2.28. The zero-order valence-electron chi connectivity index (χ0n) is 15.2. The zero-order chi connectivity index (χ0) is 18.1. The van der Waals surface area contributed by atoms with E-state index >= 15 is 0 Å². The molecule has 0 aliphatic carbocycles. The molecule has 0 spiro atoms. The van der Waals surface area contributed by atoms with Crippen molar-refractivity contribution in [3.63, 3.8) is 0 Å². The molecule has 3 N–H and O–H groups in total. The van der Waals surface area contributed by atoms with Crippen molar-refractivity contribution in [2.75, 3.05) is 5.32 Å². The molecule has 3 saturated heterocycles. The van der Waals surface area contributed by atoms with Gasteiger partial charge in [-0.15, -0.1) is 12.4 Å². The molecule has 7 heteroatoms. The molecule has 0 saturated carbocycles. The van der Waals surface area contributed by atoms with Gasteiger partial charge in [-0.2, -0.15) is 0 Å². The number of anilines is 1. The Morgan fingerprint density at radius 2 is 1.74 bits per heavy atom. The van der Waals surface area contributed by atoms with Crippen LogP contribution >= 0.6 is 12.4 Å². The Balaban J connectivity index is 0.00000210. The van der Waals surface area contributed by atoms with Crippen molar-refractivity contribution < 1.29 is 14.4 Å². The summed E-state index contributed by atoms with van der Waals surface area (Å²) < 4.78 is 0. The number of hydrogen-bond donors (Lipinski definition) is 3. The molecule has 3 amide bonds. The maximum Gasteiger partial charge on any atom is 0.230 e. The molecule has 1 aromatic carbocycles. The molecule has 3 unspecified atom stereocenters. The van der Waals surface area contributed by atoms with Gasteiger partial charge in [-0.3, -0.25) is 19.7 Å². The molecule has 3 fully saturated rings. The van der Waals surface area contributed by atoms with Crippen molar-refractivity contribution in [2.24, 2.45) is 11.8 Å². The summed E-state index contributed by atoms with van der Waals surface area (Å²) in [5.41, 5.74) is 1.77. The van der Waals surface area contributed by atoms with Crippen LogP contribution in [0, 0.1) is 11.8 Å². The van der Waals surface area contributed by atoms with Crippen LogP contribution < -0.4 is 16.0 Å². The van der Waals surface area contributed by atoms with Gasteiger partial charge in [-0.1, -0.05) is 12.1 Å². The van der Waals surface area contributed by atoms with Crippen LogP contribution in [0.5, 0.6) is 0 Å². The molecule has 3 heterocycles. The Bertz CT molecular complexity index is 710. The quantitative estimate of drug-likeness (QED) is 0.671. The fourth-order valence-electron chi connectivity index (χ4n) is 4.60. The van der Waals surface area contributed by atoms with Gasteiger partial charge in [0, 0.05) is 30.6 Å². The van der Waals surface area contributed by atoms with Crippen LogP contribution in [-0.4, -0.2) is 29.8 Å². The van der Waals surface area contributed by atoms with Crippen LogP contribution in [0.3, 0.4) is 0 Å². The molecule has 0 aromatic heterocycles. The first kappa shape index (κ1) is 19.8. The minimum atomic E-state index is -0.279. The molecule has 3 atom stereocenters. The lowest BCUT2D eigenvalue weighted by atomic mass is 9.89. The van der Waals surface area contributed by atoms with Crippen LogP contribution in [-0.2, 0) is 20.8 Å². The van der Waals surface area contributed by atoms with Crippen LogP contribution in [0.4, 0.5) is 5.69 Å². The van der Waals surface area contributed by atoms with Gasteiger partial charge in [-0.05, 0) is 55.7 Å². The average Bonchev–Trinajstić information content (AvgIpc) is 3.10. The zero-order valence-corrected chi connectivity index (χ0v) is 16.0. The van der Waals surface area contributed by atoms with Gasteiger partial charge < -0.3 is 10.6 Å². The molecule has 2 bridgehead atoms. The number of benzene rings is 1. The number of halogens is 1. The molecular weight excluding hydrogens is 366 g/mol. The second kappa shape index (κ2) is 8.40. The second-order valence-electron chi connectivity index (χ2n) is 7.94. The molecule has 3 aliphatic heterocycles. The van der Waals surface area contributed by atoms with Gasteiger partial charge in [0.15, 0.2) is 0 Å². The minimum absolute atomic E-state index is 0. The molecule has 27 heavy (non-hydrogen) atoms. The number of imide groups is 1. The summed E-state index contributed by atoms with van der Waals surface area (Å²) in [7, 11) is 0. The number of hydrogen-bond acceptors (Lipinski definition) is 4. The number of fused-ring (bicyclic) bond motifs is 2. The Labute approximate surface area is 165 Å². The van der Waals surface area contributed by atoms with Gasteiger partial charge in [-0.25, -0.2) is 0 Å². The van der Waals surface area contributed by atoms with Crippen molar-refractivity contribution in [3.8, 4) is 0 Å². The predicted molar refractivity (Wildman–Crippen MR) is 105 cm³/mol. The largest absolute Gasteiger partial charge is 0.326 e. The maximum atomic E-state index is 12.3. The van der Waals surface area contributed by atoms with Gasteiger partial charge >= 0.3 is 0 Å². The highest BCUT2D eigenvalue weighted by Crippen LogP contribution is 2.32. The first-order valence-corrected chi connectivity index (χ1v) is 9.53. The monoisotopic (exact) mass is 391 g/mol. The Hall–Kier alpha value is -1.92. The fraction of sp³-hybridized carbons (Fsp3) is 0.550. The molecule has 4 rings (SSSR count). The fourth-order valence-corrected chi connectivity index (χ4v) is 4.60. The Morgan fingerprint density at radius 3 is 2.33 bits per heavy atom. The van der Waals surface area contributed by atoms with Gasteiger partial charge in [0.2, 0.25) is 17.7 Å². The summed E-state index contributed by atoms with van der Waals surface area (Å²) in [4.78, 5) is 35.2. The van der Waals surface area contributed by atoms with Crippen LogP contribution in [0.1, 0.15) is 44.1 Å². The highest BCUT2D eigenvalue weighted by atomic mass is 35.5. The van der Waals surface area contributed by atoms with E-state index in [0.717, 1.165) is 24.1 Å². The normalized spacial score (nSPS) is 29.2. The SMILES string of the molecule is Cl.O=C1CC(Cc2ccc(NC(=O)CC3CC4CCC(C3)N4)cc2)C(=O)N1. The van der Waals surface area contributed by atoms with E-state index in [1.807, 2.05) is 24.3 Å². The summed E-state index contributed by atoms with van der Waals surface area (Å²) in [5.74, 6) is -0.118. The highest BCUT2D eigenvalue weighted by Gasteiger charge is 2.34. The van der Waals surface area contributed by atoms with E-state index in [0.29, 0.717) is 30.8 Å². The van der Waals surface area contributed by atoms with Crippen molar-refractivity contribution >= 4 is 35.8 Å². The van der Waals surface area contributed by atoms with Crippen molar-refractivity contribution in [3.05, 3.63) is 29.8 Å². The van der Waals surface area contributed by atoms with Gasteiger partial charge in [0.1, 0.15) is 0 Å². The Kier molecular flexibility index (Phi) is 6.17. The molecule has 3 aliphatic rings. The number of carbonyl (C=O) groups excluding carboxylic acids is 3. The van der Waals surface area contributed by atoms with Crippen molar-refractivity contribution in [1.29, 1.82) is 0 Å². The minimum Gasteiger partial charge on any atom is -0.326 e. The summed E-state index contributed by atoms with van der Waals surface area (Å²) in [6.07, 6.45) is 6.08. The predicted octanol–water partition coefficient (Wildman–Crippen LogP) is 2.17. The Morgan fingerprint density at radius 1 is 1.07 bits per heavy atom. The summed E-state index contributed by atoms with van der Waals surface area (Å²) in [5, 5.41) is 8.92. The molecule has 0 radical (unpaired) electrons. The molecule has 146 valence electrons. The third-order valence-corrected chi connectivity index (χ3v) is 5.83. The molecule has 6 nitrogen and oxygen atoms in total. The van der Waals surface area contributed by atoms with Crippen molar-refractivity contribution in [2.45, 2.75) is 57.0 Å². The van der Waals surface area contributed by atoms with Gasteiger partial charge in [0.05, 0.1) is 5.92 Å². The van der Waals surface area contributed by atoms with Crippen LogP contribution in [0.25, 0.3) is 0 Å². The average molecular weight is 392 g/mol. The van der Waals surface area contributed by atoms with Crippen LogP contribution in [0.15, 0.2) is 24.3 Å². The van der Waals surface area contributed by atoms with Crippen molar-refractivity contribution in [1.82, 2.24) is 10.6 Å². The van der Waals surface area contributed by atoms with E-state index in [1.54, 1.807) is 0 Å². The summed E-state index contributed by atoms with van der Waals surface area (Å²) in [6.45, 7) is 0. The summed E-state index contributed by atoms with van der Waals surface area (Å²) in [6, 6.07) is 8.77. The second-order valence-corrected chi connectivity index (χ2v) is 7.94. The summed E-state index contributed by atoms with van der Waals surface area (Å²) >= 11 is 0. The van der Waals surface area contributed by atoms with Crippen LogP contribution in [0.2, 0.25) is 0 Å². The number of amides is 3. The third kappa shape index (κ3) is 4.87. The number of carbonyl (C=O) groups is 3. The first-order valence-electron chi connectivity index (χ1n) is 9.53. The molecular formula is C20H26ClN3O3. The van der Waals surface area contributed by atoms with E-state index in [4.69, 9.17) is 0 Å². The molecule has 1 aromatic rings. The van der Waals surface area contributed by atoms with E-state index < -0.39 is 0 Å². The topological polar surface area (TPSA) is 87.3 Å². The number of rotatable bonds is 5. The lowest BCUT2D eigenvalue weighted by Crippen LogP contribution is -2.39. The van der Waals surface area contributed by atoms with E-state index in [2.05, 4.69) is 16.0 Å². The third-order valence-electron chi connectivity index (χ3n) is 5.83.